The Morgan fingerprint density at radius 2 is 1.86 bits per heavy atom. The second kappa shape index (κ2) is 7.73. The molecule has 8 nitrogen and oxygen atoms in total. The molecule has 0 bridgehead atoms. The van der Waals surface area contributed by atoms with Crippen LogP contribution in [-0.4, -0.2) is 50.8 Å². The van der Waals surface area contributed by atoms with Gasteiger partial charge in [-0.2, -0.15) is 0 Å². The average molecular weight is 387 g/mol. The van der Waals surface area contributed by atoms with Crippen molar-refractivity contribution in [1.82, 2.24) is 15.2 Å². The number of nitrogens with zero attached hydrogens (tertiary/aromatic N) is 1. The van der Waals surface area contributed by atoms with Crippen LogP contribution in [0.3, 0.4) is 0 Å². The molecule has 28 heavy (non-hydrogen) atoms. The minimum absolute atomic E-state index is 0.180. The highest BCUT2D eigenvalue weighted by Gasteiger charge is 2.33. The van der Waals surface area contributed by atoms with E-state index in [0.717, 1.165) is 16.6 Å². The summed E-state index contributed by atoms with van der Waals surface area (Å²) in [6, 6.07) is 5.13. The van der Waals surface area contributed by atoms with Gasteiger partial charge in [-0.3, -0.25) is 29.6 Å². The van der Waals surface area contributed by atoms with Gasteiger partial charge in [0, 0.05) is 24.0 Å². The van der Waals surface area contributed by atoms with Crippen molar-refractivity contribution in [3.63, 3.8) is 0 Å². The number of carbonyl (C=O) groups is 3. The Hall–Kier alpha value is -2.71. The summed E-state index contributed by atoms with van der Waals surface area (Å²) in [6.07, 6.45) is 0.289. The largest absolute Gasteiger partial charge is 0.480 e. The third kappa shape index (κ3) is 3.53. The van der Waals surface area contributed by atoms with E-state index in [1.165, 1.54) is 0 Å². The zero-order valence-electron chi connectivity index (χ0n) is 16.1. The van der Waals surface area contributed by atoms with Gasteiger partial charge in [0.1, 0.15) is 12.1 Å². The topological polar surface area (TPSA) is 121 Å². The monoisotopic (exact) mass is 387 g/mol. The fourth-order valence-electron chi connectivity index (χ4n) is 3.78. The minimum atomic E-state index is -1.000. The van der Waals surface area contributed by atoms with Crippen LogP contribution in [0.25, 0.3) is 10.9 Å². The molecule has 0 saturated carbocycles. The number of aliphatic carboxylic acids is 2. The zero-order valence-corrected chi connectivity index (χ0v) is 16.1. The van der Waals surface area contributed by atoms with Crippen LogP contribution in [0.5, 0.6) is 0 Å². The Morgan fingerprint density at radius 1 is 1.18 bits per heavy atom. The normalized spacial score (nSPS) is 18.6. The molecule has 1 aromatic heterocycles. The molecular weight excluding hydrogens is 362 g/mol. The van der Waals surface area contributed by atoms with Crippen LogP contribution in [0.4, 0.5) is 0 Å². The smallest absolute Gasteiger partial charge is 0.321 e. The van der Waals surface area contributed by atoms with Crippen molar-refractivity contribution in [2.45, 2.75) is 51.9 Å². The van der Waals surface area contributed by atoms with Crippen molar-refractivity contribution >= 4 is 28.7 Å². The van der Waals surface area contributed by atoms with Crippen LogP contribution >= 0.6 is 0 Å². The highest BCUT2D eigenvalue weighted by molar-refractivity contribution is 5.98. The van der Waals surface area contributed by atoms with Crippen molar-refractivity contribution in [3.8, 4) is 0 Å². The second-order valence-electron chi connectivity index (χ2n) is 7.54. The predicted octanol–water partition coefficient (Wildman–Crippen LogP) is 1.47. The Morgan fingerprint density at radius 3 is 2.46 bits per heavy atom. The SMILES string of the molecule is CC(C)C(N[C@@H](C)C(=O)n1c2c(c3ccccc31)CC(C(=O)O)NC2)C(=O)O. The molecule has 0 fully saturated rings. The number of rotatable bonds is 6. The molecule has 0 aliphatic carbocycles. The Labute approximate surface area is 162 Å². The number of carboxylic acid groups (broad SMARTS) is 2. The molecule has 1 aromatic carbocycles. The molecule has 3 atom stereocenters. The van der Waals surface area contributed by atoms with Gasteiger partial charge in [-0.1, -0.05) is 32.0 Å². The van der Waals surface area contributed by atoms with E-state index >= 15 is 0 Å². The van der Waals surface area contributed by atoms with E-state index in [4.69, 9.17) is 0 Å². The van der Waals surface area contributed by atoms with E-state index in [0.29, 0.717) is 5.52 Å². The fraction of sp³-hybridized carbons (Fsp3) is 0.450. The van der Waals surface area contributed by atoms with E-state index in [1.807, 2.05) is 24.3 Å². The standard InChI is InChI=1S/C20H25N3O5/c1-10(2)17(20(27)28)22-11(3)18(24)23-15-7-5-4-6-12(15)13-8-14(19(25)26)21-9-16(13)23/h4-7,10-11,14,17,21-22H,8-9H2,1-3H3,(H,25,26)(H,27,28)/t11-,14?,17?/m0/s1. The first-order valence-electron chi connectivity index (χ1n) is 9.32. The van der Waals surface area contributed by atoms with Gasteiger partial charge in [0.2, 0.25) is 5.91 Å². The van der Waals surface area contributed by atoms with E-state index < -0.39 is 30.1 Å². The summed E-state index contributed by atoms with van der Waals surface area (Å²) in [4.78, 5) is 36.1. The van der Waals surface area contributed by atoms with Crippen molar-refractivity contribution < 1.29 is 24.6 Å². The molecule has 3 rings (SSSR count). The summed E-state index contributed by atoms with van der Waals surface area (Å²) >= 11 is 0. The summed E-state index contributed by atoms with van der Waals surface area (Å²) < 4.78 is 1.59. The lowest BCUT2D eigenvalue weighted by molar-refractivity contribution is -0.141. The number of hydrogen-bond donors (Lipinski definition) is 4. The van der Waals surface area contributed by atoms with Crippen molar-refractivity contribution in [2.75, 3.05) is 0 Å². The molecule has 2 heterocycles. The lowest BCUT2D eigenvalue weighted by Crippen LogP contribution is -2.50. The molecule has 2 unspecified atom stereocenters. The highest BCUT2D eigenvalue weighted by Crippen LogP contribution is 2.30. The first-order chi connectivity index (χ1) is 13.2. The maximum absolute atomic E-state index is 13.3. The van der Waals surface area contributed by atoms with Gasteiger partial charge in [0.05, 0.1) is 11.6 Å². The van der Waals surface area contributed by atoms with Crippen LogP contribution < -0.4 is 10.6 Å². The third-order valence-corrected chi connectivity index (χ3v) is 5.26. The maximum Gasteiger partial charge on any atom is 0.321 e. The molecule has 4 N–H and O–H groups in total. The van der Waals surface area contributed by atoms with Gasteiger partial charge in [0.15, 0.2) is 0 Å². The fourth-order valence-corrected chi connectivity index (χ4v) is 3.78. The number of benzene rings is 1. The first-order valence-corrected chi connectivity index (χ1v) is 9.32. The molecule has 1 aliphatic rings. The molecule has 0 spiro atoms. The third-order valence-electron chi connectivity index (χ3n) is 5.26. The number of carbonyl (C=O) groups excluding carboxylic acids is 1. The molecule has 2 aromatic rings. The molecule has 1 aliphatic heterocycles. The minimum Gasteiger partial charge on any atom is -0.480 e. The Bertz CT molecular complexity index is 933. The van der Waals surface area contributed by atoms with E-state index in [9.17, 15) is 24.6 Å². The predicted molar refractivity (Wildman–Crippen MR) is 103 cm³/mol. The number of carboxylic acids is 2. The number of para-hydroxylation sites is 1. The van der Waals surface area contributed by atoms with Crippen molar-refractivity contribution in [1.29, 1.82) is 0 Å². The van der Waals surface area contributed by atoms with Gasteiger partial charge in [-0.25, -0.2) is 0 Å². The van der Waals surface area contributed by atoms with Gasteiger partial charge in [-0.15, -0.1) is 0 Å². The Balaban J connectivity index is 2.00. The van der Waals surface area contributed by atoms with E-state index in [1.54, 1.807) is 25.3 Å². The van der Waals surface area contributed by atoms with Crippen LogP contribution in [0, 0.1) is 5.92 Å². The summed E-state index contributed by atoms with van der Waals surface area (Å²) in [5, 5.41) is 25.5. The first kappa shape index (κ1) is 20.0. The van der Waals surface area contributed by atoms with Crippen molar-refractivity contribution in [3.05, 3.63) is 35.5 Å². The number of aromatic nitrogens is 1. The summed E-state index contributed by atoms with van der Waals surface area (Å²) in [7, 11) is 0. The summed E-state index contributed by atoms with van der Waals surface area (Å²) in [5.74, 6) is -2.37. The lowest BCUT2D eigenvalue weighted by atomic mass is 9.98. The number of hydrogen-bond acceptors (Lipinski definition) is 5. The lowest BCUT2D eigenvalue weighted by Gasteiger charge is -2.25. The van der Waals surface area contributed by atoms with Gasteiger partial charge >= 0.3 is 11.9 Å². The molecule has 8 heteroatoms. The van der Waals surface area contributed by atoms with Crippen LogP contribution in [0.1, 0.15) is 36.8 Å². The Kier molecular flexibility index (Phi) is 5.53. The number of nitrogens with one attached hydrogen (secondary N) is 2. The number of fused-ring (bicyclic) bond motifs is 3. The molecular formula is C20H25N3O5. The van der Waals surface area contributed by atoms with Crippen LogP contribution in [-0.2, 0) is 22.6 Å². The van der Waals surface area contributed by atoms with Gasteiger partial charge in [0.25, 0.3) is 0 Å². The molecule has 0 radical (unpaired) electrons. The van der Waals surface area contributed by atoms with Crippen molar-refractivity contribution in [2.24, 2.45) is 5.92 Å². The zero-order chi connectivity index (χ0) is 20.6. The summed E-state index contributed by atoms with van der Waals surface area (Å²) in [6.45, 7) is 5.47. The maximum atomic E-state index is 13.3. The van der Waals surface area contributed by atoms with Crippen LogP contribution in [0.15, 0.2) is 24.3 Å². The quantitative estimate of drug-likeness (QED) is 0.592. The molecule has 0 amide bonds. The van der Waals surface area contributed by atoms with Crippen LogP contribution in [0.2, 0.25) is 0 Å². The second-order valence-corrected chi connectivity index (χ2v) is 7.54. The highest BCUT2D eigenvalue weighted by atomic mass is 16.4. The average Bonchev–Trinajstić information content (AvgIpc) is 2.98. The summed E-state index contributed by atoms with van der Waals surface area (Å²) in [5.41, 5.74) is 2.28. The molecule has 150 valence electrons. The van der Waals surface area contributed by atoms with E-state index in [2.05, 4.69) is 10.6 Å². The van der Waals surface area contributed by atoms with Gasteiger partial charge < -0.3 is 10.2 Å². The molecule has 0 saturated heterocycles. The van der Waals surface area contributed by atoms with E-state index in [-0.39, 0.29) is 24.8 Å². The van der Waals surface area contributed by atoms with Gasteiger partial charge in [-0.05, 0) is 24.5 Å².